The van der Waals surface area contributed by atoms with Crippen molar-refractivity contribution in [2.45, 2.75) is 26.8 Å². The molecule has 0 saturated heterocycles. The van der Waals surface area contributed by atoms with Crippen molar-refractivity contribution in [1.29, 1.82) is 0 Å². The molecule has 1 unspecified atom stereocenters. The molecule has 2 amide bonds. The summed E-state index contributed by atoms with van der Waals surface area (Å²) in [4.78, 5) is 24.3. The maximum atomic E-state index is 12.2. The van der Waals surface area contributed by atoms with Crippen LogP contribution in [0, 0.1) is 12.8 Å². The Morgan fingerprint density at radius 1 is 1.24 bits per heavy atom. The van der Waals surface area contributed by atoms with E-state index < -0.39 is 6.04 Å². The van der Waals surface area contributed by atoms with Crippen molar-refractivity contribution in [1.82, 2.24) is 10.6 Å². The summed E-state index contributed by atoms with van der Waals surface area (Å²) in [7, 11) is 0. The molecule has 5 nitrogen and oxygen atoms in total. The van der Waals surface area contributed by atoms with Gasteiger partial charge in [0.2, 0.25) is 5.91 Å². The maximum absolute atomic E-state index is 12.2. The second kappa shape index (κ2) is 9.37. The van der Waals surface area contributed by atoms with Gasteiger partial charge in [0.25, 0.3) is 5.91 Å². The molecule has 0 aliphatic carbocycles. The quantitative estimate of drug-likeness (QED) is 0.739. The second-order valence-corrected chi connectivity index (χ2v) is 5.09. The van der Waals surface area contributed by atoms with E-state index in [0.717, 1.165) is 5.56 Å². The number of rotatable bonds is 6. The Labute approximate surface area is 132 Å². The molecule has 0 saturated carbocycles. The third-order valence-electron chi connectivity index (χ3n) is 3.07. The number of carbonyl (C=O) groups excluding carboxylic acids is 2. The Bertz CT molecular complexity index is 478. The fourth-order valence-electron chi connectivity index (χ4n) is 1.89. The van der Waals surface area contributed by atoms with Gasteiger partial charge in [0.15, 0.2) is 0 Å². The predicted molar refractivity (Wildman–Crippen MR) is 86.6 cm³/mol. The first-order valence-electron chi connectivity index (χ1n) is 6.81. The van der Waals surface area contributed by atoms with Crippen LogP contribution in [0.5, 0.6) is 0 Å². The SMILES string of the molecule is Cc1ccccc1C(=O)NC(C(=O)NCCN)C(C)C.Cl. The van der Waals surface area contributed by atoms with Crippen molar-refractivity contribution in [3.63, 3.8) is 0 Å². The summed E-state index contributed by atoms with van der Waals surface area (Å²) < 4.78 is 0. The van der Waals surface area contributed by atoms with Crippen LogP contribution in [0.15, 0.2) is 24.3 Å². The van der Waals surface area contributed by atoms with Gasteiger partial charge in [-0.05, 0) is 24.5 Å². The molecule has 6 heteroatoms. The number of aryl methyl sites for hydroxylation is 1. The lowest BCUT2D eigenvalue weighted by Crippen LogP contribution is -2.50. The van der Waals surface area contributed by atoms with Crippen LogP contribution < -0.4 is 16.4 Å². The summed E-state index contributed by atoms with van der Waals surface area (Å²) in [6.07, 6.45) is 0. The Morgan fingerprint density at radius 2 is 1.86 bits per heavy atom. The Hall–Kier alpha value is -1.59. The van der Waals surface area contributed by atoms with Gasteiger partial charge in [-0.1, -0.05) is 32.0 Å². The van der Waals surface area contributed by atoms with Gasteiger partial charge >= 0.3 is 0 Å². The largest absolute Gasteiger partial charge is 0.353 e. The van der Waals surface area contributed by atoms with Crippen LogP contribution >= 0.6 is 12.4 Å². The van der Waals surface area contributed by atoms with E-state index >= 15 is 0 Å². The number of carbonyl (C=O) groups is 2. The average Bonchev–Trinajstić information content (AvgIpc) is 2.42. The molecule has 0 aliphatic heterocycles. The van der Waals surface area contributed by atoms with E-state index in [1.807, 2.05) is 32.9 Å². The molecule has 1 atom stereocenters. The monoisotopic (exact) mass is 313 g/mol. The van der Waals surface area contributed by atoms with E-state index in [1.54, 1.807) is 12.1 Å². The molecule has 118 valence electrons. The van der Waals surface area contributed by atoms with Crippen LogP contribution in [0.1, 0.15) is 29.8 Å². The third-order valence-corrected chi connectivity index (χ3v) is 3.07. The van der Waals surface area contributed by atoms with E-state index in [1.165, 1.54) is 0 Å². The van der Waals surface area contributed by atoms with Gasteiger partial charge in [-0.2, -0.15) is 0 Å². The Balaban J connectivity index is 0.00000400. The molecule has 21 heavy (non-hydrogen) atoms. The normalized spacial score (nSPS) is 11.5. The standard InChI is InChI=1S/C15H23N3O2.ClH/c1-10(2)13(15(20)17-9-8-16)18-14(19)12-7-5-4-6-11(12)3;/h4-7,10,13H,8-9,16H2,1-3H3,(H,17,20)(H,18,19);1H. The summed E-state index contributed by atoms with van der Waals surface area (Å²) in [5, 5.41) is 5.50. The van der Waals surface area contributed by atoms with Gasteiger partial charge in [-0.3, -0.25) is 9.59 Å². The zero-order valence-electron chi connectivity index (χ0n) is 12.7. The third kappa shape index (κ3) is 5.73. The zero-order valence-corrected chi connectivity index (χ0v) is 13.5. The highest BCUT2D eigenvalue weighted by molar-refractivity contribution is 5.98. The highest BCUT2D eigenvalue weighted by atomic mass is 35.5. The minimum atomic E-state index is -0.561. The molecule has 0 bridgehead atoms. The molecule has 0 aliphatic rings. The number of nitrogens with one attached hydrogen (secondary N) is 2. The summed E-state index contributed by atoms with van der Waals surface area (Å²) in [5.41, 5.74) is 6.84. The van der Waals surface area contributed by atoms with Gasteiger partial charge < -0.3 is 16.4 Å². The van der Waals surface area contributed by atoms with Crippen molar-refractivity contribution in [2.75, 3.05) is 13.1 Å². The van der Waals surface area contributed by atoms with Crippen LogP contribution in [-0.4, -0.2) is 30.9 Å². The van der Waals surface area contributed by atoms with Crippen molar-refractivity contribution in [3.8, 4) is 0 Å². The number of benzene rings is 1. The Kier molecular flexibility index (Phi) is 8.66. The minimum Gasteiger partial charge on any atom is -0.353 e. The topological polar surface area (TPSA) is 84.2 Å². The number of hydrogen-bond donors (Lipinski definition) is 3. The molecule has 0 fully saturated rings. The van der Waals surface area contributed by atoms with Crippen molar-refractivity contribution < 1.29 is 9.59 Å². The van der Waals surface area contributed by atoms with E-state index in [-0.39, 0.29) is 30.1 Å². The molecule has 4 N–H and O–H groups in total. The highest BCUT2D eigenvalue weighted by Gasteiger charge is 2.24. The van der Waals surface area contributed by atoms with Crippen LogP contribution in [0.25, 0.3) is 0 Å². The van der Waals surface area contributed by atoms with Crippen molar-refractivity contribution in [2.24, 2.45) is 11.7 Å². The lowest BCUT2D eigenvalue weighted by molar-refractivity contribution is -0.123. The Morgan fingerprint density at radius 3 is 2.38 bits per heavy atom. The van der Waals surface area contributed by atoms with Crippen LogP contribution in [-0.2, 0) is 4.79 Å². The maximum Gasteiger partial charge on any atom is 0.252 e. The van der Waals surface area contributed by atoms with Crippen LogP contribution in [0.4, 0.5) is 0 Å². The summed E-state index contributed by atoms with van der Waals surface area (Å²) in [6.45, 7) is 6.44. The molecule has 0 aromatic heterocycles. The van der Waals surface area contributed by atoms with E-state index in [0.29, 0.717) is 18.7 Å². The fourth-order valence-corrected chi connectivity index (χ4v) is 1.89. The van der Waals surface area contributed by atoms with Gasteiger partial charge in [-0.25, -0.2) is 0 Å². The molecule has 0 radical (unpaired) electrons. The van der Waals surface area contributed by atoms with Crippen LogP contribution in [0.2, 0.25) is 0 Å². The molecule has 0 spiro atoms. The molecule has 1 rings (SSSR count). The molecule has 1 aromatic rings. The van der Waals surface area contributed by atoms with E-state index in [9.17, 15) is 9.59 Å². The lowest BCUT2D eigenvalue weighted by atomic mass is 10.0. The summed E-state index contributed by atoms with van der Waals surface area (Å²) >= 11 is 0. The van der Waals surface area contributed by atoms with Gasteiger partial charge in [-0.15, -0.1) is 12.4 Å². The number of amides is 2. The summed E-state index contributed by atoms with van der Waals surface area (Å²) in [5.74, 6) is -0.433. The summed E-state index contributed by atoms with van der Waals surface area (Å²) in [6, 6.07) is 6.74. The van der Waals surface area contributed by atoms with Gasteiger partial charge in [0.05, 0.1) is 0 Å². The lowest BCUT2D eigenvalue weighted by Gasteiger charge is -2.22. The molecule has 1 aromatic carbocycles. The smallest absolute Gasteiger partial charge is 0.252 e. The first-order valence-corrected chi connectivity index (χ1v) is 6.81. The van der Waals surface area contributed by atoms with E-state index in [2.05, 4.69) is 10.6 Å². The minimum absolute atomic E-state index is 0. The number of nitrogens with two attached hydrogens (primary N) is 1. The first-order chi connectivity index (χ1) is 9.47. The zero-order chi connectivity index (χ0) is 15.1. The van der Waals surface area contributed by atoms with Crippen molar-refractivity contribution in [3.05, 3.63) is 35.4 Å². The molecule has 0 heterocycles. The average molecular weight is 314 g/mol. The van der Waals surface area contributed by atoms with Crippen LogP contribution in [0.3, 0.4) is 0 Å². The highest BCUT2D eigenvalue weighted by Crippen LogP contribution is 2.09. The fraction of sp³-hybridized carbons (Fsp3) is 0.467. The van der Waals surface area contributed by atoms with Gasteiger partial charge in [0, 0.05) is 18.7 Å². The number of hydrogen-bond acceptors (Lipinski definition) is 3. The van der Waals surface area contributed by atoms with Crippen molar-refractivity contribution >= 4 is 24.2 Å². The molecular weight excluding hydrogens is 290 g/mol. The first kappa shape index (κ1) is 19.4. The number of halogens is 1. The van der Waals surface area contributed by atoms with E-state index in [4.69, 9.17) is 5.73 Å². The second-order valence-electron chi connectivity index (χ2n) is 5.09. The predicted octanol–water partition coefficient (Wildman–Crippen LogP) is 1.25. The van der Waals surface area contributed by atoms with Gasteiger partial charge in [0.1, 0.15) is 6.04 Å². The molecular formula is C15H24ClN3O2.